The number of carbonyl (C=O) groups excluding carboxylic acids is 1. The highest BCUT2D eigenvalue weighted by Gasteiger charge is 2.20. The molecule has 1 saturated heterocycles. The van der Waals surface area contributed by atoms with E-state index in [2.05, 4.69) is 37.1 Å². The molecule has 0 aromatic carbocycles. The van der Waals surface area contributed by atoms with Crippen molar-refractivity contribution in [2.45, 2.75) is 45.1 Å². The van der Waals surface area contributed by atoms with Gasteiger partial charge in [-0.25, -0.2) is 4.98 Å². The van der Waals surface area contributed by atoms with E-state index in [1.807, 2.05) is 16.7 Å². The van der Waals surface area contributed by atoms with Crippen molar-refractivity contribution in [2.75, 3.05) is 13.2 Å². The highest BCUT2D eigenvalue weighted by Crippen LogP contribution is 2.23. The summed E-state index contributed by atoms with van der Waals surface area (Å²) in [7, 11) is 0. The minimum atomic E-state index is -0.0644. The number of aromatic nitrogens is 2. The first-order chi connectivity index (χ1) is 10.4. The molecular formula is C17H23N3O2. The molecule has 1 N–H and O–H groups in total. The van der Waals surface area contributed by atoms with Crippen molar-refractivity contribution in [3.05, 3.63) is 35.8 Å². The van der Waals surface area contributed by atoms with E-state index in [-0.39, 0.29) is 17.4 Å². The van der Waals surface area contributed by atoms with Crippen LogP contribution in [0.3, 0.4) is 0 Å². The van der Waals surface area contributed by atoms with Gasteiger partial charge in [0.15, 0.2) is 0 Å². The minimum absolute atomic E-state index is 0.0346. The summed E-state index contributed by atoms with van der Waals surface area (Å²) in [5.41, 5.74) is 2.60. The highest BCUT2D eigenvalue weighted by atomic mass is 16.5. The predicted molar refractivity (Wildman–Crippen MR) is 85.2 cm³/mol. The van der Waals surface area contributed by atoms with Gasteiger partial charge < -0.3 is 10.1 Å². The van der Waals surface area contributed by atoms with E-state index >= 15 is 0 Å². The van der Waals surface area contributed by atoms with Crippen LogP contribution in [-0.2, 0) is 10.2 Å². The predicted octanol–water partition coefficient (Wildman–Crippen LogP) is 2.54. The fourth-order valence-electron chi connectivity index (χ4n) is 2.69. The second-order valence-electron chi connectivity index (χ2n) is 6.90. The monoisotopic (exact) mass is 301 g/mol. The number of nitrogens with one attached hydrogen (secondary N) is 1. The SMILES string of the molecule is CC(C)(C)c1ccc2ncc(C(=O)NC3CCOCC3)n2c1. The van der Waals surface area contributed by atoms with Gasteiger partial charge >= 0.3 is 0 Å². The Hall–Kier alpha value is -1.88. The number of pyridine rings is 1. The van der Waals surface area contributed by atoms with Gasteiger partial charge in [0, 0.05) is 25.5 Å². The zero-order valence-electron chi connectivity index (χ0n) is 13.4. The molecule has 0 bridgehead atoms. The number of ether oxygens (including phenoxy) is 1. The van der Waals surface area contributed by atoms with E-state index in [9.17, 15) is 4.79 Å². The number of amides is 1. The summed E-state index contributed by atoms with van der Waals surface area (Å²) < 4.78 is 7.21. The number of hydrogen-bond donors (Lipinski definition) is 1. The molecule has 3 rings (SSSR count). The number of fused-ring (bicyclic) bond motifs is 1. The van der Waals surface area contributed by atoms with Crippen molar-refractivity contribution in [2.24, 2.45) is 0 Å². The summed E-state index contributed by atoms with van der Waals surface area (Å²) in [6.45, 7) is 7.91. The second-order valence-corrected chi connectivity index (χ2v) is 6.90. The Balaban J connectivity index is 1.87. The summed E-state index contributed by atoms with van der Waals surface area (Å²) in [4.78, 5) is 16.9. The van der Waals surface area contributed by atoms with Crippen molar-refractivity contribution in [3.63, 3.8) is 0 Å². The normalized spacial score (nSPS) is 16.9. The molecule has 5 nitrogen and oxygen atoms in total. The Morgan fingerprint density at radius 3 is 2.73 bits per heavy atom. The molecule has 1 fully saturated rings. The molecule has 118 valence electrons. The molecule has 3 heterocycles. The number of carbonyl (C=O) groups is 1. The maximum absolute atomic E-state index is 12.5. The lowest BCUT2D eigenvalue weighted by Crippen LogP contribution is -2.39. The number of imidazole rings is 1. The molecule has 2 aromatic rings. The molecule has 0 atom stereocenters. The van der Waals surface area contributed by atoms with Crippen LogP contribution < -0.4 is 5.32 Å². The molecule has 1 aliphatic heterocycles. The first kappa shape index (κ1) is 15.0. The maximum Gasteiger partial charge on any atom is 0.270 e. The molecule has 5 heteroatoms. The van der Waals surface area contributed by atoms with Crippen LogP contribution in [0.15, 0.2) is 24.5 Å². The summed E-state index contributed by atoms with van der Waals surface area (Å²) in [5, 5.41) is 3.09. The third kappa shape index (κ3) is 2.99. The van der Waals surface area contributed by atoms with Crippen LogP contribution in [0.1, 0.15) is 49.7 Å². The van der Waals surface area contributed by atoms with E-state index in [1.54, 1.807) is 6.20 Å². The number of nitrogens with zero attached hydrogens (tertiary/aromatic N) is 2. The van der Waals surface area contributed by atoms with E-state index in [0.29, 0.717) is 18.9 Å². The van der Waals surface area contributed by atoms with Crippen LogP contribution in [0.2, 0.25) is 0 Å². The van der Waals surface area contributed by atoms with Gasteiger partial charge in [0.05, 0.1) is 6.20 Å². The average Bonchev–Trinajstić information content (AvgIpc) is 2.90. The van der Waals surface area contributed by atoms with Gasteiger partial charge in [-0.2, -0.15) is 0 Å². The molecule has 1 aliphatic rings. The molecule has 1 amide bonds. The smallest absolute Gasteiger partial charge is 0.270 e. The fraction of sp³-hybridized carbons (Fsp3) is 0.529. The van der Waals surface area contributed by atoms with Crippen LogP contribution >= 0.6 is 0 Å². The Bertz CT molecular complexity index is 679. The zero-order valence-corrected chi connectivity index (χ0v) is 13.4. The quantitative estimate of drug-likeness (QED) is 0.927. The lowest BCUT2D eigenvalue weighted by molar-refractivity contribution is 0.0693. The third-order valence-electron chi connectivity index (χ3n) is 4.16. The van der Waals surface area contributed by atoms with Gasteiger partial charge in [-0.1, -0.05) is 26.8 Å². The van der Waals surface area contributed by atoms with Crippen molar-refractivity contribution in [3.8, 4) is 0 Å². The summed E-state index contributed by atoms with van der Waals surface area (Å²) in [6.07, 6.45) is 5.41. The molecule has 2 aromatic heterocycles. The standard InChI is InChI=1S/C17H23N3O2/c1-17(2,3)12-4-5-15-18-10-14(20(15)11-12)16(21)19-13-6-8-22-9-7-13/h4-5,10-11,13H,6-9H2,1-3H3,(H,19,21). The molecule has 0 unspecified atom stereocenters. The van der Waals surface area contributed by atoms with Crippen molar-refractivity contribution < 1.29 is 9.53 Å². The molecular weight excluding hydrogens is 278 g/mol. The van der Waals surface area contributed by atoms with E-state index < -0.39 is 0 Å². The molecule has 22 heavy (non-hydrogen) atoms. The Kier molecular flexibility index (Phi) is 3.91. The topological polar surface area (TPSA) is 55.6 Å². The highest BCUT2D eigenvalue weighted by molar-refractivity contribution is 5.93. The van der Waals surface area contributed by atoms with Crippen LogP contribution in [-0.4, -0.2) is 34.5 Å². The van der Waals surface area contributed by atoms with Crippen molar-refractivity contribution >= 4 is 11.6 Å². The van der Waals surface area contributed by atoms with E-state index in [1.165, 1.54) is 5.56 Å². The average molecular weight is 301 g/mol. The zero-order chi connectivity index (χ0) is 15.7. The van der Waals surface area contributed by atoms with Gasteiger partial charge in [-0.05, 0) is 29.9 Å². The van der Waals surface area contributed by atoms with Gasteiger partial charge in [0.25, 0.3) is 5.91 Å². The summed E-state index contributed by atoms with van der Waals surface area (Å²) in [5.74, 6) is -0.0644. The Labute approximate surface area is 130 Å². The number of rotatable bonds is 2. The Morgan fingerprint density at radius 2 is 2.05 bits per heavy atom. The minimum Gasteiger partial charge on any atom is -0.381 e. The molecule has 0 radical (unpaired) electrons. The molecule has 0 aliphatic carbocycles. The fourth-order valence-corrected chi connectivity index (χ4v) is 2.69. The summed E-state index contributed by atoms with van der Waals surface area (Å²) in [6, 6.07) is 4.23. The van der Waals surface area contributed by atoms with Crippen LogP contribution in [0.25, 0.3) is 5.65 Å². The van der Waals surface area contributed by atoms with Gasteiger partial charge in [-0.3, -0.25) is 9.20 Å². The van der Waals surface area contributed by atoms with Gasteiger partial charge in [-0.15, -0.1) is 0 Å². The lowest BCUT2D eigenvalue weighted by atomic mass is 9.88. The Morgan fingerprint density at radius 1 is 1.32 bits per heavy atom. The van der Waals surface area contributed by atoms with Crippen LogP contribution in [0.5, 0.6) is 0 Å². The third-order valence-corrected chi connectivity index (χ3v) is 4.16. The van der Waals surface area contributed by atoms with E-state index in [0.717, 1.165) is 18.5 Å². The first-order valence-electron chi connectivity index (χ1n) is 7.81. The van der Waals surface area contributed by atoms with Gasteiger partial charge in [0.1, 0.15) is 11.3 Å². The second kappa shape index (κ2) is 5.72. The first-order valence-corrected chi connectivity index (χ1v) is 7.81. The maximum atomic E-state index is 12.5. The van der Waals surface area contributed by atoms with Crippen molar-refractivity contribution in [1.29, 1.82) is 0 Å². The van der Waals surface area contributed by atoms with Crippen LogP contribution in [0, 0.1) is 0 Å². The lowest BCUT2D eigenvalue weighted by Gasteiger charge is -2.23. The van der Waals surface area contributed by atoms with Gasteiger partial charge in [0.2, 0.25) is 0 Å². The van der Waals surface area contributed by atoms with E-state index in [4.69, 9.17) is 4.74 Å². The van der Waals surface area contributed by atoms with Crippen LogP contribution in [0.4, 0.5) is 0 Å². The van der Waals surface area contributed by atoms with Crippen molar-refractivity contribution in [1.82, 2.24) is 14.7 Å². The molecule has 0 saturated carbocycles. The largest absolute Gasteiger partial charge is 0.381 e. The number of hydrogen-bond acceptors (Lipinski definition) is 3. The summed E-state index contributed by atoms with van der Waals surface area (Å²) >= 11 is 0. The molecule has 0 spiro atoms.